The summed E-state index contributed by atoms with van der Waals surface area (Å²) in [6, 6.07) is 16.9. The summed E-state index contributed by atoms with van der Waals surface area (Å²) in [5, 5.41) is 4.01. The van der Waals surface area contributed by atoms with E-state index in [1.54, 1.807) is 24.7 Å². The van der Waals surface area contributed by atoms with E-state index in [4.69, 9.17) is 4.42 Å². The predicted octanol–water partition coefficient (Wildman–Crippen LogP) is 4.11. The average molecular weight is 331 g/mol. The summed E-state index contributed by atoms with van der Waals surface area (Å²) in [5.41, 5.74) is 2.38. The van der Waals surface area contributed by atoms with Crippen molar-refractivity contribution in [3.63, 3.8) is 0 Å². The highest BCUT2D eigenvalue weighted by Crippen LogP contribution is 2.23. The van der Waals surface area contributed by atoms with E-state index in [0.29, 0.717) is 5.56 Å². The number of fused-ring (bicyclic) bond motifs is 1. The van der Waals surface area contributed by atoms with E-state index in [0.717, 1.165) is 22.4 Å². The van der Waals surface area contributed by atoms with Crippen LogP contribution in [0.1, 0.15) is 29.1 Å². The van der Waals surface area contributed by atoms with E-state index in [-0.39, 0.29) is 11.9 Å². The molecule has 2 heterocycles. The topological polar surface area (TPSA) is 60.1 Å². The van der Waals surface area contributed by atoms with Crippen molar-refractivity contribution in [3.05, 3.63) is 84.6 Å². The van der Waals surface area contributed by atoms with Gasteiger partial charge in [-0.25, -0.2) is 4.98 Å². The third-order valence-electron chi connectivity index (χ3n) is 4.15. The van der Waals surface area contributed by atoms with Crippen molar-refractivity contribution >= 4 is 16.9 Å². The molecule has 2 aromatic carbocycles. The van der Waals surface area contributed by atoms with Crippen molar-refractivity contribution in [1.82, 2.24) is 14.9 Å². The number of hydrogen-bond donors (Lipinski definition) is 1. The second kappa shape index (κ2) is 6.28. The molecule has 0 radical (unpaired) electrons. The van der Waals surface area contributed by atoms with E-state index in [1.165, 1.54) is 0 Å². The molecule has 0 fully saturated rings. The molecule has 1 N–H and O–H groups in total. The molecule has 0 aliphatic heterocycles. The Kier molecular flexibility index (Phi) is 3.82. The molecule has 5 heteroatoms. The average Bonchev–Trinajstić information content (AvgIpc) is 3.31. The first kappa shape index (κ1) is 15.2. The van der Waals surface area contributed by atoms with Gasteiger partial charge in [0, 0.05) is 29.0 Å². The Morgan fingerprint density at radius 3 is 2.68 bits per heavy atom. The summed E-state index contributed by atoms with van der Waals surface area (Å²) < 4.78 is 7.70. The molecule has 4 aromatic rings. The third-order valence-corrected chi connectivity index (χ3v) is 4.15. The third kappa shape index (κ3) is 3.04. The van der Waals surface area contributed by atoms with E-state index < -0.39 is 0 Å². The van der Waals surface area contributed by atoms with Gasteiger partial charge in [0.15, 0.2) is 0 Å². The van der Waals surface area contributed by atoms with Crippen LogP contribution in [0.25, 0.3) is 16.7 Å². The van der Waals surface area contributed by atoms with Gasteiger partial charge < -0.3 is 14.3 Å². The number of amides is 1. The number of nitrogens with zero attached hydrogens (tertiary/aromatic N) is 2. The number of para-hydroxylation sites is 1. The maximum absolute atomic E-state index is 12.5. The molecule has 0 saturated heterocycles. The van der Waals surface area contributed by atoms with Crippen LogP contribution in [0.4, 0.5) is 0 Å². The molecule has 1 atom stereocenters. The van der Waals surface area contributed by atoms with E-state index in [9.17, 15) is 4.79 Å². The lowest BCUT2D eigenvalue weighted by atomic mass is 10.1. The highest BCUT2D eigenvalue weighted by Gasteiger charge is 2.15. The van der Waals surface area contributed by atoms with Crippen LogP contribution in [0.3, 0.4) is 0 Å². The van der Waals surface area contributed by atoms with E-state index in [2.05, 4.69) is 10.3 Å². The van der Waals surface area contributed by atoms with Gasteiger partial charge in [-0.1, -0.05) is 18.2 Å². The largest absolute Gasteiger partial charge is 0.459 e. The van der Waals surface area contributed by atoms with Crippen LogP contribution in [0.15, 0.2) is 77.7 Å². The maximum Gasteiger partial charge on any atom is 0.251 e. The zero-order chi connectivity index (χ0) is 17.2. The molecule has 124 valence electrons. The molecular formula is C20H17N3O2. The number of carbonyl (C=O) groups excluding carboxylic acids is 1. The summed E-state index contributed by atoms with van der Waals surface area (Å²) in [6.45, 7) is 1.91. The Hall–Kier alpha value is -3.34. The molecule has 5 nitrogen and oxygen atoms in total. The van der Waals surface area contributed by atoms with Gasteiger partial charge in [0.1, 0.15) is 11.3 Å². The molecule has 0 aliphatic carbocycles. The van der Waals surface area contributed by atoms with Crippen molar-refractivity contribution in [2.75, 3.05) is 0 Å². The fraction of sp³-hybridized carbons (Fsp3) is 0.100. The molecule has 1 amide bonds. The Labute approximate surface area is 144 Å². The van der Waals surface area contributed by atoms with E-state index in [1.807, 2.05) is 60.2 Å². The Bertz CT molecular complexity index is 968. The molecule has 2 aromatic heterocycles. The van der Waals surface area contributed by atoms with Gasteiger partial charge in [-0.05, 0) is 43.3 Å². The minimum Gasteiger partial charge on any atom is -0.459 e. The minimum atomic E-state index is -0.215. The molecule has 0 bridgehead atoms. The molecule has 25 heavy (non-hydrogen) atoms. The number of hydrogen-bond acceptors (Lipinski definition) is 3. The first-order valence-corrected chi connectivity index (χ1v) is 8.08. The summed E-state index contributed by atoms with van der Waals surface area (Å²) in [4.78, 5) is 16.5. The minimum absolute atomic E-state index is 0.134. The highest BCUT2D eigenvalue weighted by molar-refractivity contribution is 5.94. The Balaban J connectivity index is 1.49. The summed E-state index contributed by atoms with van der Waals surface area (Å²) >= 11 is 0. The number of carbonyl (C=O) groups is 1. The highest BCUT2D eigenvalue weighted by atomic mass is 16.3. The zero-order valence-corrected chi connectivity index (χ0v) is 13.7. The Morgan fingerprint density at radius 1 is 1.16 bits per heavy atom. The monoisotopic (exact) mass is 331 g/mol. The molecular weight excluding hydrogens is 314 g/mol. The van der Waals surface area contributed by atoms with E-state index >= 15 is 0 Å². The normalized spacial score (nSPS) is 12.2. The van der Waals surface area contributed by atoms with Crippen molar-refractivity contribution in [2.24, 2.45) is 0 Å². The fourth-order valence-electron chi connectivity index (χ4n) is 2.76. The van der Waals surface area contributed by atoms with Gasteiger partial charge in [-0.15, -0.1) is 0 Å². The fourth-order valence-corrected chi connectivity index (χ4v) is 2.76. The second-order valence-corrected chi connectivity index (χ2v) is 5.90. The standard InChI is InChI=1S/C20H17N3O2/c1-14(19-12-16-4-2-3-5-18(16)25-19)22-20(24)15-6-8-17(9-7-15)23-11-10-21-13-23/h2-14H,1H3,(H,22,24). The molecule has 0 aliphatic rings. The van der Waals surface area contributed by atoms with Crippen LogP contribution in [0.2, 0.25) is 0 Å². The van der Waals surface area contributed by atoms with Gasteiger partial charge in [0.2, 0.25) is 0 Å². The molecule has 0 spiro atoms. The first-order chi connectivity index (χ1) is 12.2. The summed E-state index contributed by atoms with van der Waals surface area (Å²) in [5.74, 6) is 0.606. The van der Waals surface area contributed by atoms with Gasteiger partial charge >= 0.3 is 0 Å². The summed E-state index contributed by atoms with van der Waals surface area (Å²) in [7, 11) is 0. The predicted molar refractivity (Wildman–Crippen MR) is 95.7 cm³/mol. The lowest BCUT2D eigenvalue weighted by Crippen LogP contribution is -2.26. The van der Waals surface area contributed by atoms with Crippen LogP contribution in [0.5, 0.6) is 0 Å². The first-order valence-electron chi connectivity index (χ1n) is 8.08. The molecule has 4 rings (SSSR count). The van der Waals surface area contributed by atoms with Crippen molar-refractivity contribution in [3.8, 4) is 5.69 Å². The van der Waals surface area contributed by atoms with Crippen molar-refractivity contribution in [2.45, 2.75) is 13.0 Å². The molecule has 0 saturated carbocycles. The SMILES string of the molecule is CC(NC(=O)c1ccc(-n2ccnc2)cc1)c1cc2ccccc2o1. The van der Waals surface area contributed by atoms with Crippen molar-refractivity contribution in [1.29, 1.82) is 0 Å². The van der Waals surface area contributed by atoms with Gasteiger partial charge in [0.05, 0.1) is 12.4 Å². The zero-order valence-electron chi connectivity index (χ0n) is 13.7. The number of nitrogens with one attached hydrogen (secondary N) is 1. The summed E-state index contributed by atoms with van der Waals surface area (Å²) in [6.07, 6.45) is 5.30. The van der Waals surface area contributed by atoms with Gasteiger partial charge in [-0.3, -0.25) is 4.79 Å². The van der Waals surface area contributed by atoms with Crippen LogP contribution in [-0.4, -0.2) is 15.5 Å². The number of furan rings is 1. The van der Waals surface area contributed by atoms with Crippen LogP contribution in [0, 0.1) is 0 Å². The number of benzene rings is 2. The van der Waals surface area contributed by atoms with Crippen LogP contribution >= 0.6 is 0 Å². The quantitative estimate of drug-likeness (QED) is 0.612. The van der Waals surface area contributed by atoms with Gasteiger partial charge in [0.25, 0.3) is 5.91 Å². The smallest absolute Gasteiger partial charge is 0.251 e. The Morgan fingerprint density at radius 2 is 1.96 bits per heavy atom. The maximum atomic E-state index is 12.5. The molecule has 1 unspecified atom stereocenters. The lowest BCUT2D eigenvalue weighted by Gasteiger charge is -2.12. The second-order valence-electron chi connectivity index (χ2n) is 5.90. The van der Waals surface area contributed by atoms with Crippen LogP contribution in [-0.2, 0) is 0 Å². The lowest BCUT2D eigenvalue weighted by molar-refractivity contribution is 0.0935. The van der Waals surface area contributed by atoms with Crippen LogP contribution < -0.4 is 5.32 Å². The van der Waals surface area contributed by atoms with Crippen molar-refractivity contribution < 1.29 is 9.21 Å². The van der Waals surface area contributed by atoms with Gasteiger partial charge in [-0.2, -0.15) is 0 Å². The number of aromatic nitrogens is 2. The number of imidazole rings is 1. The number of rotatable bonds is 4.